The molecule has 0 N–H and O–H groups in total. The number of halogens is 2. The molecule has 0 bridgehead atoms. The lowest BCUT2D eigenvalue weighted by atomic mass is 9.87. The second kappa shape index (κ2) is 4.45. The summed E-state index contributed by atoms with van der Waals surface area (Å²) in [6.45, 7) is 6.44. The van der Waals surface area contributed by atoms with Crippen LogP contribution in [0.3, 0.4) is 0 Å². The van der Waals surface area contributed by atoms with E-state index in [0.29, 0.717) is 10.1 Å². The standard InChI is InChI=1S/C11H12Br2O3/c1-5-8(12)6(2)10(15)11(4,9(5)13)16-7(3)14/h1-4H3. The number of allylic oxidation sites excluding steroid dienone is 2. The Morgan fingerprint density at radius 2 is 1.75 bits per heavy atom. The van der Waals surface area contributed by atoms with Crippen molar-refractivity contribution in [2.45, 2.75) is 33.3 Å². The molecule has 0 aromatic rings. The summed E-state index contributed by atoms with van der Waals surface area (Å²) in [5.74, 6) is -0.696. The lowest BCUT2D eigenvalue weighted by Gasteiger charge is -2.32. The molecule has 0 aromatic carbocycles. The van der Waals surface area contributed by atoms with Gasteiger partial charge in [-0.1, -0.05) is 31.9 Å². The van der Waals surface area contributed by atoms with Gasteiger partial charge in [-0.25, -0.2) is 0 Å². The second-order valence-corrected chi connectivity index (χ2v) is 5.42. The van der Waals surface area contributed by atoms with Crippen LogP contribution in [0.15, 0.2) is 20.1 Å². The van der Waals surface area contributed by atoms with Gasteiger partial charge >= 0.3 is 5.97 Å². The Morgan fingerprint density at radius 3 is 2.19 bits per heavy atom. The predicted octanol–water partition coefficient (Wildman–Crippen LogP) is 3.23. The highest BCUT2D eigenvalue weighted by molar-refractivity contribution is 9.12. The number of ether oxygens (including phenoxy) is 1. The van der Waals surface area contributed by atoms with Gasteiger partial charge in [0.05, 0.1) is 4.48 Å². The number of hydrogen-bond acceptors (Lipinski definition) is 3. The van der Waals surface area contributed by atoms with Crippen molar-refractivity contribution in [1.82, 2.24) is 0 Å². The zero-order chi connectivity index (χ0) is 12.7. The first kappa shape index (κ1) is 13.6. The zero-order valence-corrected chi connectivity index (χ0v) is 12.7. The van der Waals surface area contributed by atoms with E-state index in [1.165, 1.54) is 6.92 Å². The Morgan fingerprint density at radius 1 is 1.25 bits per heavy atom. The summed E-state index contributed by atoms with van der Waals surface area (Å²) in [5.41, 5.74) is 0.183. The van der Waals surface area contributed by atoms with Crippen LogP contribution in [0.2, 0.25) is 0 Å². The normalized spacial score (nSPS) is 26.2. The van der Waals surface area contributed by atoms with E-state index in [4.69, 9.17) is 4.74 Å². The van der Waals surface area contributed by atoms with Crippen molar-refractivity contribution >= 4 is 43.6 Å². The summed E-state index contributed by atoms with van der Waals surface area (Å²) in [6, 6.07) is 0. The van der Waals surface area contributed by atoms with Gasteiger partial charge in [-0.2, -0.15) is 0 Å². The third-order valence-electron chi connectivity index (χ3n) is 2.53. The lowest BCUT2D eigenvalue weighted by molar-refractivity contribution is -0.157. The van der Waals surface area contributed by atoms with Crippen LogP contribution in [-0.4, -0.2) is 17.4 Å². The van der Waals surface area contributed by atoms with E-state index in [1.807, 2.05) is 6.92 Å². The molecule has 5 heteroatoms. The van der Waals surface area contributed by atoms with Gasteiger partial charge in [-0.05, 0) is 26.3 Å². The summed E-state index contributed by atoms with van der Waals surface area (Å²) in [4.78, 5) is 23.2. The molecule has 1 aliphatic carbocycles. The molecule has 0 aromatic heterocycles. The molecule has 0 spiro atoms. The van der Waals surface area contributed by atoms with Crippen LogP contribution in [0.4, 0.5) is 0 Å². The summed E-state index contributed by atoms with van der Waals surface area (Å²) in [7, 11) is 0. The van der Waals surface area contributed by atoms with Crippen LogP contribution in [0.25, 0.3) is 0 Å². The van der Waals surface area contributed by atoms with Crippen molar-refractivity contribution in [3.8, 4) is 0 Å². The van der Waals surface area contributed by atoms with Crippen LogP contribution in [0.5, 0.6) is 0 Å². The zero-order valence-electron chi connectivity index (χ0n) is 9.48. The molecule has 0 aliphatic heterocycles. The average Bonchev–Trinajstić information content (AvgIpc) is 2.21. The first-order valence-corrected chi connectivity index (χ1v) is 6.28. The fourth-order valence-electron chi connectivity index (χ4n) is 1.67. The van der Waals surface area contributed by atoms with Crippen LogP contribution in [0.1, 0.15) is 27.7 Å². The Labute approximate surface area is 111 Å². The van der Waals surface area contributed by atoms with Gasteiger partial charge in [0.2, 0.25) is 11.4 Å². The van der Waals surface area contributed by atoms with Crippen molar-refractivity contribution in [3.05, 3.63) is 20.1 Å². The number of carbonyl (C=O) groups is 2. The van der Waals surface area contributed by atoms with Crippen molar-refractivity contribution in [3.63, 3.8) is 0 Å². The second-order valence-electron chi connectivity index (χ2n) is 3.83. The van der Waals surface area contributed by atoms with E-state index >= 15 is 0 Å². The molecule has 1 atom stereocenters. The van der Waals surface area contributed by atoms with E-state index < -0.39 is 11.6 Å². The molecule has 3 nitrogen and oxygen atoms in total. The minimum absolute atomic E-state index is 0.216. The van der Waals surface area contributed by atoms with Crippen LogP contribution in [-0.2, 0) is 14.3 Å². The summed E-state index contributed by atoms with van der Waals surface area (Å²) in [5, 5.41) is 0. The van der Waals surface area contributed by atoms with Crippen molar-refractivity contribution < 1.29 is 14.3 Å². The van der Waals surface area contributed by atoms with Gasteiger partial charge in [-0.15, -0.1) is 0 Å². The molecule has 88 valence electrons. The maximum absolute atomic E-state index is 12.1. The molecule has 0 saturated heterocycles. The van der Waals surface area contributed by atoms with E-state index in [0.717, 1.165) is 10.1 Å². The van der Waals surface area contributed by atoms with Gasteiger partial charge in [0.15, 0.2) is 0 Å². The smallest absolute Gasteiger partial charge is 0.303 e. The maximum atomic E-state index is 12.1. The third kappa shape index (κ3) is 2.02. The Hall–Kier alpha value is -0.420. The van der Waals surface area contributed by atoms with Crippen LogP contribution >= 0.6 is 31.9 Å². The number of carbonyl (C=O) groups excluding carboxylic acids is 2. The first-order valence-electron chi connectivity index (χ1n) is 4.69. The molecule has 0 saturated carbocycles. The summed E-state index contributed by atoms with van der Waals surface area (Å²) >= 11 is 6.68. The van der Waals surface area contributed by atoms with Gasteiger partial charge in [-0.3, -0.25) is 9.59 Å². The Balaban J connectivity index is 3.35. The summed E-state index contributed by atoms with van der Waals surface area (Å²) < 4.78 is 6.47. The highest BCUT2D eigenvalue weighted by atomic mass is 79.9. The average molecular weight is 352 g/mol. The number of Topliss-reactive ketones (excluding diaryl/α,β-unsaturated/α-hetero) is 1. The van der Waals surface area contributed by atoms with Crippen molar-refractivity contribution in [2.75, 3.05) is 0 Å². The molecule has 1 rings (SSSR count). The van der Waals surface area contributed by atoms with Crippen LogP contribution < -0.4 is 0 Å². The van der Waals surface area contributed by atoms with Gasteiger partial charge in [0.1, 0.15) is 0 Å². The minimum atomic E-state index is -1.24. The number of hydrogen-bond donors (Lipinski definition) is 0. The first-order chi connectivity index (χ1) is 7.21. The van der Waals surface area contributed by atoms with E-state index in [2.05, 4.69) is 31.9 Å². The minimum Gasteiger partial charge on any atom is -0.446 e. The molecular weight excluding hydrogens is 340 g/mol. The SMILES string of the molecule is CC(=O)OC1(C)C(=O)C(C)=C(Br)C(C)=C1Br. The van der Waals surface area contributed by atoms with Crippen LogP contribution in [0, 0.1) is 0 Å². The van der Waals surface area contributed by atoms with E-state index in [-0.39, 0.29) is 5.78 Å². The van der Waals surface area contributed by atoms with Crippen molar-refractivity contribution in [1.29, 1.82) is 0 Å². The molecule has 16 heavy (non-hydrogen) atoms. The monoisotopic (exact) mass is 350 g/mol. The lowest BCUT2D eigenvalue weighted by Crippen LogP contribution is -2.43. The Kier molecular flexibility index (Phi) is 3.80. The number of rotatable bonds is 1. The highest BCUT2D eigenvalue weighted by Crippen LogP contribution is 2.42. The molecule has 0 amide bonds. The largest absolute Gasteiger partial charge is 0.446 e. The number of esters is 1. The highest BCUT2D eigenvalue weighted by Gasteiger charge is 2.45. The molecule has 0 radical (unpaired) electrons. The number of ketones is 1. The van der Waals surface area contributed by atoms with Gasteiger partial charge in [0, 0.05) is 17.0 Å². The maximum Gasteiger partial charge on any atom is 0.303 e. The predicted molar refractivity (Wildman–Crippen MR) is 68.4 cm³/mol. The topological polar surface area (TPSA) is 43.4 Å². The third-order valence-corrected chi connectivity index (χ3v) is 5.07. The quantitative estimate of drug-likeness (QED) is 0.681. The van der Waals surface area contributed by atoms with Gasteiger partial charge in [0.25, 0.3) is 0 Å². The molecular formula is C11H12Br2O3. The molecule has 1 unspecified atom stereocenters. The summed E-state index contributed by atoms with van der Waals surface area (Å²) in [6.07, 6.45) is 0. The molecule has 0 heterocycles. The molecule has 1 aliphatic rings. The van der Waals surface area contributed by atoms with E-state index in [1.54, 1.807) is 13.8 Å². The van der Waals surface area contributed by atoms with E-state index in [9.17, 15) is 9.59 Å². The Bertz CT molecular complexity index is 435. The fraction of sp³-hybridized carbons (Fsp3) is 0.455. The fourth-order valence-corrected chi connectivity index (χ4v) is 2.77. The van der Waals surface area contributed by atoms with Crippen molar-refractivity contribution in [2.24, 2.45) is 0 Å². The van der Waals surface area contributed by atoms with Gasteiger partial charge < -0.3 is 4.74 Å². The molecule has 0 fully saturated rings.